The van der Waals surface area contributed by atoms with Gasteiger partial charge in [-0.3, -0.25) is 0 Å². The number of hydrogen-bond donors (Lipinski definition) is 0. The van der Waals surface area contributed by atoms with E-state index in [1.165, 1.54) is 0 Å². The van der Waals surface area contributed by atoms with Crippen LogP contribution < -0.4 is 0 Å². The van der Waals surface area contributed by atoms with Gasteiger partial charge in [-0.1, -0.05) is 40.5 Å². The van der Waals surface area contributed by atoms with Gasteiger partial charge in [-0.25, -0.2) is 19.6 Å². The molecule has 0 radical (unpaired) electrons. The average Bonchev–Trinajstić information content (AvgIpc) is 3.05. The van der Waals surface area contributed by atoms with E-state index in [0.29, 0.717) is 36.5 Å². The van der Waals surface area contributed by atoms with E-state index in [-0.39, 0.29) is 24.0 Å². The molecule has 0 amide bonds. The van der Waals surface area contributed by atoms with Gasteiger partial charge >= 0.3 is 11.9 Å². The van der Waals surface area contributed by atoms with Gasteiger partial charge in [0.05, 0.1) is 0 Å². The van der Waals surface area contributed by atoms with Crippen LogP contribution in [0.4, 0.5) is 0 Å². The summed E-state index contributed by atoms with van der Waals surface area (Å²) in [6, 6.07) is -0.613. The van der Waals surface area contributed by atoms with Gasteiger partial charge in [0.2, 0.25) is 0 Å². The molecule has 0 aromatic rings. The van der Waals surface area contributed by atoms with Crippen LogP contribution in [0.1, 0.15) is 79.1 Å². The number of ether oxygens (including phenoxy) is 2. The second-order valence-electron chi connectivity index (χ2n) is 8.09. The number of nitrogens with zero attached hydrogens (tertiary/aromatic N) is 2. The smallest absolute Gasteiger partial charge is 0.337 e. The Balaban J connectivity index is 1.59. The molecule has 0 aliphatic carbocycles. The van der Waals surface area contributed by atoms with E-state index in [2.05, 4.69) is 37.7 Å². The van der Waals surface area contributed by atoms with E-state index in [4.69, 9.17) is 9.47 Å². The molecular weight excluding hydrogens is 332 g/mol. The van der Waals surface area contributed by atoms with E-state index in [1.54, 1.807) is 0 Å². The molecule has 146 valence electrons. The van der Waals surface area contributed by atoms with E-state index in [9.17, 15) is 9.59 Å². The van der Waals surface area contributed by atoms with Crippen molar-refractivity contribution in [2.75, 3.05) is 0 Å². The number of unbranched alkanes of at least 4 members (excludes halogenated alkanes) is 3. The Bertz CT molecular complexity index is 516. The molecule has 26 heavy (non-hydrogen) atoms. The number of cyclic esters (lactones) is 2. The van der Waals surface area contributed by atoms with Crippen molar-refractivity contribution in [3.05, 3.63) is 0 Å². The van der Waals surface area contributed by atoms with Crippen molar-refractivity contribution in [1.29, 1.82) is 0 Å². The third kappa shape index (κ3) is 6.54. The molecule has 0 saturated heterocycles. The van der Waals surface area contributed by atoms with Crippen LogP contribution in [0.2, 0.25) is 0 Å². The molecule has 0 aromatic carbocycles. The minimum atomic E-state index is -0.307. The largest absolute Gasteiger partial charge is 0.410 e. The lowest BCUT2D eigenvalue weighted by Gasteiger charge is -2.05. The molecule has 0 bridgehead atoms. The van der Waals surface area contributed by atoms with E-state index < -0.39 is 0 Å². The highest BCUT2D eigenvalue weighted by Gasteiger charge is 2.30. The number of esters is 2. The normalized spacial score (nSPS) is 22.7. The van der Waals surface area contributed by atoms with Crippen molar-refractivity contribution in [2.24, 2.45) is 21.8 Å². The molecule has 6 nitrogen and oxygen atoms in total. The van der Waals surface area contributed by atoms with Gasteiger partial charge in [0.15, 0.2) is 23.9 Å². The van der Waals surface area contributed by atoms with Crippen LogP contribution in [-0.2, 0) is 19.1 Å². The van der Waals surface area contributed by atoms with E-state index in [0.717, 1.165) is 38.5 Å². The lowest BCUT2D eigenvalue weighted by Crippen LogP contribution is -2.17. The Morgan fingerprint density at radius 3 is 1.46 bits per heavy atom. The maximum absolute atomic E-state index is 11.7. The first-order valence-corrected chi connectivity index (χ1v) is 9.92. The fourth-order valence-corrected chi connectivity index (χ4v) is 3.20. The highest BCUT2D eigenvalue weighted by atomic mass is 16.6. The summed E-state index contributed by atoms with van der Waals surface area (Å²) in [6.45, 7) is 8.32. The molecule has 0 N–H and O–H groups in total. The van der Waals surface area contributed by atoms with Crippen LogP contribution >= 0.6 is 0 Å². The van der Waals surface area contributed by atoms with Crippen molar-refractivity contribution in [3.63, 3.8) is 0 Å². The fourth-order valence-electron chi connectivity index (χ4n) is 3.20. The second-order valence-corrected chi connectivity index (χ2v) is 8.09. The summed E-state index contributed by atoms with van der Waals surface area (Å²) < 4.78 is 10.5. The first kappa shape index (κ1) is 20.6. The molecule has 2 unspecified atom stereocenters. The van der Waals surface area contributed by atoms with Gasteiger partial charge in [0, 0.05) is 12.8 Å². The lowest BCUT2D eigenvalue weighted by atomic mass is 10.1. The Hall–Kier alpha value is -1.72. The molecule has 2 aliphatic heterocycles. The average molecular weight is 364 g/mol. The minimum Gasteiger partial charge on any atom is -0.410 e. The van der Waals surface area contributed by atoms with Crippen LogP contribution in [0.15, 0.2) is 9.98 Å². The van der Waals surface area contributed by atoms with Gasteiger partial charge in [0.25, 0.3) is 0 Å². The molecule has 2 rings (SSSR count). The number of aliphatic imine (C=N–C) groups is 2. The quantitative estimate of drug-likeness (QED) is 0.409. The topological polar surface area (TPSA) is 77.3 Å². The molecular formula is C20H32N2O4. The molecule has 2 aliphatic rings. The van der Waals surface area contributed by atoms with Crippen molar-refractivity contribution in [3.8, 4) is 0 Å². The summed E-state index contributed by atoms with van der Waals surface area (Å²) in [7, 11) is 0. The first-order chi connectivity index (χ1) is 12.3. The summed E-state index contributed by atoms with van der Waals surface area (Å²) in [5.74, 6) is 1.64. The van der Waals surface area contributed by atoms with Crippen molar-refractivity contribution < 1.29 is 19.1 Å². The molecule has 2 heterocycles. The number of carbonyl (C=O) groups is 2. The van der Waals surface area contributed by atoms with Gasteiger partial charge in [-0.05, 0) is 37.5 Å². The number of rotatable bonds is 11. The summed E-state index contributed by atoms with van der Waals surface area (Å²) in [4.78, 5) is 32.3. The zero-order chi connectivity index (χ0) is 19.1. The SMILES string of the molecule is CC(C)CC1N=C(CCCCCCC2=NC(CC(C)C)C(=O)O2)OC1=O. The Morgan fingerprint density at radius 1 is 0.731 bits per heavy atom. The van der Waals surface area contributed by atoms with Gasteiger partial charge in [-0.15, -0.1) is 0 Å². The summed E-state index contributed by atoms with van der Waals surface area (Å²) in [5.41, 5.74) is 0. The maximum atomic E-state index is 11.7. The highest BCUT2D eigenvalue weighted by Crippen LogP contribution is 2.20. The van der Waals surface area contributed by atoms with Crippen molar-refractivity contribution in [2.45, 2.75) is 91.1 Å². The van der Waals surface area contributed by atoms with Crippen LogP contribution in [0.25, 0.3) is 0 Å². The maximum Gasteiger partial charge on any atom is 0.337 e. The molecule has 0 fully saturated rings. The van der Waals surface area contributed by atoms with E-state index >= 15 is 0 Å². The Kier molecular flexibility index (Phi) is 7.79. The van der Waals surface area contributed by atoms with Gasteiger partial charge < -0.3 is 9.47 Å². The van der Waals surface area contributed by atoms with E-state index in [1.807, 2.05) is 0 Å². The van der Waals surface area contributed by atoms with Gasteiger partial charge in [0.1, 0.15) is 0 Å². The van der Waals surface area contributed by atoms with Crippen molar-refractivity contribution in [1.82, 2.24) is 0 Å². The van der Waals surface area contributed by atoms with Gasteiger partial charge in [-0.2, -0.15) is 0 Å². The van der Waals surface area contributed by atoms with Crippen LogP contribution in [0, 0.1) is 11.8 Å². The third-order valence-corrected chi connectivity index (χ3v) is 4.50. The summed E-state index contributed by atoms with van der Waals surface area (Å²) in [6.07, 6.45) is 6.89. The van der Waals surface area contributed by atoms with Crippen molar-refractivity contribution >= 4 is 23.7 Å². The zero-order valence-electron chi connectivity index (χ0n) is 16.5. The monoisotopic (exact) mass is 364 g/mol. The summed E-state index contributed by atoms with van der Waals surface area (Å²) in [5, 5.41) is 0. The molecule has 0 aromatic heterocycles. The Labute approximate surface area is 156 Å². The Morgan fingerprint density at radius 2 is 1.12 bits per heavy atom. The fraction of sp³-hybridized carbons (Fsp3) is 0.800. The molecule has 6 heteroatoms. The third-order valence-electron chi connectivity index (χ3n) is 4.50. The number of hydrogen-bond acceptors (Lipinski definition) is 6. The highest BCUT2D eigenvalue weighted by molar-refractivity contribution is 5.97. The zero-order valence-corrected chi connectivity index (χ0v) is 16.5. The molecule has 2 atom stereocenters. The number of carbonyl (C=O) groups excluding carboxylic acids is 2. The predicted octanol–water partition coefficient (Wildman–Crippen LogP) is 4.07. The van der Waals surface area contributed by atoms with Crippen LogP contribution in [0.5, 0.6) is 0 Å². The van der Waals surface area contributed by atoms with Crippen LogP contribution in [0.3, 0.4) is 0 Å². The predicted molar refractivity (Wildman–Crippen MR) is 101 cm³/mol. The molecule has 0 spiro atoms. The van der Waals surface area contributed by atoms with Crippen LogP contribution in [-0.4, -0.2) is 35.8 Å². The standard InChI is InChI=1S/C20H32N2O4/c1-13(2)11-15-19(23)25-17(21-15)9-7-5-6-8-10-18-22-16(12-14(3)4)20(24)26-18/h13-16H,5-12H2,1-4H3. The first-order valence-electron chi connectivity index (χ1n) is 9.92. The minimum absolute atomic E-state index is 0.203. The second kappa shape index (κ2) is 9.83. The lowest BCUT2D eigenvalue weighted by molar-refractivity contribution is -0.136. The molecule has 0 saturated carbocycles. The summed E-state index contributed by atoms with van der Waals surface area (Å²) >= 11 is 0.